The molecule has 0 aromatic carbocycles. The highest BCUT2D eigenvalue weighted by molar-refractivity contribution is 5.98. The van der Waals surface area contributed by atoms with Gasteiger partial charge in [-0.3, -0.25) is 9.78 Å². The van der Waals surface area contributed by atoms with Crippen LogP contribution in [0.25, 0.3) is 0 Å². The van der Waals surface area contributed by atoms with Crippen molar-refractivity contribution in [2.45, 2.75) is 57.4 Å². The summed E-state index contributed by atoms with van der Waals surface area (Å²) in [7, 11) is 0. The summed E-state index contributed by atoms with van der Waals surface area (Å²) in [6.07, 6.45) is 10.8. The third-order valence-corrected chi connectivity index (χ3v) is 4.39. The van der Waals surface area contributed by atoms with Gasteiger partial charge in [-0.15, -0.1) is 0 Å². The third-order valence-electron chi connectivity index (χ3n) is 4.39. The van der Waals surface area contributed by atoms with Crippen molar-refractivity contribution in [1.82, 2.24) is 4.98 Å². The lowest BCUT2D eigenvalue weighted by Gasteiger charge is -2.40. The van der Waals surface area contributed by atoms with E-state index in [4.69, 9.17) is 5.73 Å². The van der Waals surface area contributed by atoms with Gasteiger partial charge < -0.3 is 11.1 Å². The van der Waals surface area contributed by atoms with E-state index in [9.17, 15) is 4.79 Å². The minimum atomic E-state index is -0.712. The summed E-state index contributed by atoms with van der Waals surface area (Å²) < 4.78 is 0. The fraction of sp³-hybridized carbons (Fsp3) is 0.625. The average Bonchev–Trinajstić information content (AvgIpc) is 2.47. The Morgan fingerprint density at radius 2 is 2.20 bits per heavy atom. The Morgan fingerprint density at radius 3 is 2.90 bits per heavy atom. The number of hydrogen-bond acceptors (Lipinski definition) is 3. The zero-order valence-electron chi connectivity index (χ0n) is 12.3. The lowest BCUT2D eigenvalue weighted by molar-refractivity contribution is -0.124. The van der Waals surface area contributed by atoms with Crippen molar-refractivity contribution in [2.75, 3.05) is 5.32 Å². The number of amides is 1. The van der Waals surface area contributed by atoms with Crippen molar-refractivity contribution in [3.8, 4) is 0 Å². The van der Waals surface area contributed by atoms with Crippen LogP contribution in [0.1, 0.15) is 51.9 Å². The Labute approximate surface area is 121 Å². The number of nitrogens with zero attached hydrogens (tertiary/aromatic N) is 1. The first-order chi connectivity index (χ1) is 9.66. The molecule has 0 saturated heterocycles. The van der Waals surface area contributed by atoms with E-state index in [0.717, 1.165) is 44.2 Å². The molecule has 1 aliphatic rings. The molecule has 110 valence electrons. The van der Waals surface area contributed by atoms with Crippen LogP contribution < -0.4 is 11.1 Å². The molecule has 4 nitrogen and oxygen atoms in total. The molecule has 0 unspecified atom stereocenters. The number of hydrogen-bond donors (Lipinski definition) is 2. The molecule has 20 heavy (non-hydrogen) atoms. The molecular weight excluding hydrogens is 250 g/mol. The molecule has 1 heterocycles. The van der Waals surface area contributed by atoms with Gasteiger partial charge in [-0.25, -0.2) is 0 Å². The maximum absolute atomic E-state index is 12.6. The molecule has 2 rings (SSSR count). The molecule has 1 amide bonds. The fourth-order valence-corrected chi connectivity index (χ4v) is 3.10. The van der Waals surface area contributed by atoms with E-state index in [0.29, 0.717) is 5.92 Å². The normalized spacial score (nSPS) is 26.2. The monoisotopic (exact) mass is 275 g/mol. The molecule has 1 aromatic heterocycles. The van der Waals surface area contributed by atoms with Crippen LogP contribution in [0.5, 0.6) is 0 Å². The van der Waals surface area contributed by atoms with Crippen molar-refractivity contribution in [3.05, 3.63) is 24.5 Å². The molecule has 0 aliphatic heterocycles. The second kappa shape index (κ2) is 6.84. The predicted octanol–water partition coefficient (Wildman–Crippen LogP) is 3.10. The second-order valence-corrected chi connectivity index (χ2v) is 5.82. The SMILES string of the molecule is CCCC[C@@H]1CCCC[C@@]1(N)C(=O)Nc1ccncc1. The molecular formula is C16H25N3O. The van der Waals surface area contributed by atoms with Gasteiger partial charge in [0.05, 0.1) is 5.54 Å². The number of carbonyl (C=O) groups is 1. The molecule has 3 N–H and O–H groups in total. The number of unbranched alkanes of at least 4 members (excludes halogenated alkanes) is 1. The molecule has 2 atom stereocenters. The summed E-state index contributed by atoms with van der Waals surface area (Å²) in [5, 5.41) is 2.95. The lowest BCUT2D eigenvalue weighted by atomic mass is 9.70. The van der Waals surface area contributed by atoms with Crippen molar-refractivity contribution in [1.29, 1.82) is 0 Å². The van der Waals surface area contributed by atoms with Gasteiger partial charge in [-0.1, -0.05) is 32.6 Å². The molecule has 1 saturated carbocycles. The van der Waals surface area contributed by atoms with Crippen molar-refractivity contribution in [2.24, 2.45) is 11.7 Å². The summed E-state index contributed by atoms with van der Waals surface area (Å²) >= 11 is 0. The number of carbonyl (C=O) groups excluding carboxylic acids is 1. The first-order valence-electron chi connectivity index (χ1n) is 7.67. The number of aromatic nitrogens is 1. The van der Waals surface area contributed by atoms with E-state index in [1.165, 1.54) is 6.42 Å². The molecule has 1 fully saturated rings. The first kappa shape index (κ1) is 15.0. The minimum absolute atomic E-state index is 0.0375. The molecule has 0 bridgehead atoms. The summed E-state index contributed by atoms with van der Waals surface area (Å²) in [5.74, 6) is 0.266. The van der Waals surface area contributed by atoms with Gasteiger partial charge in [0, 0.05) is 18.1 Å². The molecule has 4 heteroatoms. The van der Waals surface area contributed by atoms with E-state index in [1.807, 2.05) is 0 Å². The van der Waals surface area contributed by atoms with Gasteiger partial charge in [-0.2, -0.15) is 0 Å². The van der Waals surface area contributed by atoms with Crippen LogP contribution in [0.15, 0.2) is 24.5 Å². The summed E-state index contributed by atoms with van der Waals surface area (Å²) in [6.45, 7) is 2.18. The van der Waals surface area contributed by atoms with Gasteiger partial charge in [0.15, 0.2) is 0 Å². The van der Waals surface area contributed by atoms with E-state index >= 15 is 0 Å². The minimum Gasteiger partial charge on any atom is -0.324 e. The average molecular weight is 275 g/mol. The summed E-state index contributed by atoms with van der Waals surface area (Å²) in [6, 6.07) is 3.59. The van der Waals surface area contributed by atoms with E-state index in [-0.39, 0.29) is 5.91 Å². The Morgan fingerprint density at radius 1 is 1.45 bits per heavy atom. The lowest BCUT2D eigenvalue weighted by Crippen LogP contribution is -2.58. The number of nitrogens with one attached hydrogen (secondary N) is 1. The highest BCUT2D eigenvalue weighted by atomic mass is 16.2. The maximum Gasteiger partial charge on any atom is 0.244 e. The van der Waals surface area contributed by atoms with E-state index in [2.05, 4.69) is 17.2 Å². The number of anilines is 1. The van der Waals surface area contributed by atoms with Crippen LogP contribution in [0.2, 0.25) is 0 Å². The zero-order chi connectivity index (χ0) is 14.4. The van der Waals surface area contributed by atoms with Crippen LogP contribution >= 0.6 is 0 Å². The predicted molar refractivity (Wildman–Crippen MR) is 81.3 cm³/mol. The summed E-state index contributed by atoms with van der Waals surface area (Å²) in [4.78, 5) is 16.6. The van der Waals surface area contributed by atoms with Gasteiger partial charge in [0.2, 0.25) is 5.91 Å². The quantitative estimate of drug-likeness (QED) is 0.867. The van der Waals surface area contributed by atoms with Gasteiger partial charge in [0.1, 0.15) is 0 Å². The highest BCUT2D eigenvalue weighted by Crippen LogP contribution is 2.36. The molecule has 0 spiro atoms. The van der Waals surface area contributed by atoms with Gasteiger partial charge in [0.25, 0.3) is 0 Å². The number of pyridine rings is 1. The number of rotatable bonds is 5. The molecule has 0 radical (unpaired) electrons. The molecule has 1 aliphatic carbocycles. The maximum atomic E-state index is 12.6. The number of nitrogens with two attached hydrogens (primary N) is 1. The zero-order valence-corrected chi connectivity index (χ0v) is 12.3. The molecule has 1 aromatic rings. The van der Waals surface area contributed by atoms with Crippen molar-refractivity contribution < 1.29 is 4.79 Å². The fourth-order valence-electron chi connectivity index (χ4n) is 3.10. The highest BCUT2D eigenvalue weighted by Gasteiger charge is 2.43. The van der Waals surface area contributed by atoms with E-state index in [1.54, 1.807) is 24.5 Å². The van der Waals surface area contributed by atoms with Crippen molar-refractivity contribution in [3.63, 3.8) is 0 Å². The van der Waals surface area contributed by atoms with Crippen LogP contribution in [0.3, 0.4) is 0 Å². The van der Waals surface area contributed by atoms with Crippen LogP contribution in [-0.2, 0) is 4.79 Å². The van der Waals surface area contributed by atoms with E-state index < -0.39 is 5.54 Å². The Hall–Kier alpha value is -1.42. The van der Waals surface area contributed by atoms with Crippen LogP contribution in [-0.4, -0.2) is 16.4 Å². The van der Waals surface area contributed by atoms with Crippen LogP contribution in [0.4, 0.5) is 5.69 Å². The van der Waals surface area contributed by atoms with Crippen LogP contribution in [0, 0.1) is 5.92 Å². The Balaban J connectivity index is 2.07. The Bertz CT molecular complexity index is 435. The standard InChI is InChI=1S/C16H25N3O/c1-2-3-6-13-7-4-5-10-16(13,17)15(20)19-14-8-11-18-12-9-14/h8-9,11-13H,2-7,10,17H2,1H3,(H,18,19,20)/t13-,16+/m1/s1. The third kappa shape index (κ3) is 3.37. The van der Waals surface area contributed by atoms with Gasteiger partial charge in [-0.05, 0) is 37.3 Å². The Kier molecular flexibility index (Phi) is 5.12. The smallest absolute Gasteiger partial charge is 0.244 e. The summed E-state index contributed by atoms with van der Waals surface area (Å²) in [5.41, 5.74) is 6.57. The topological polar surface area (TPSA) is 68.0 Å². The first-order valence-corrected chi connectivity index (χ1v) is 7.67. The largest absolute Gasteiger partial charge is 0.324 e. The van der Waals surface area contributed by atoms with Gasteiger partial charge >= 0.3 is 0 Å². The van der Waals surface area contributed by atoms with Crippen molar-refractivity contribution >= 4 is 11.6 Å². The second-order valence-electron chi connectivity index (χ2n) is 5.82.